The van der Waals surface area contributed by atoms with Crippen molar-refractivity contribution in [2.45, 2.75) is 33.1 Å². The first kappa shape index (κ1) is 12.5. The molecule has 15 heavy (non-hydrogen) atoms. The minimum atomic E-state index is 0.239. The highest BCUT2D eigenvalue weighted by atomic mass is 32.1. The molecule has 0 saturated carbocycles. The van der Waals surface area contributed by atoms with Gasteiger partial charge in [-0.05, 0) is 23.8 Å². The van der Waals surface area contributed by atoms with Crippen molar-refractivity contribution in [2.75, 3.05) is 0 Å². The summed E-state index contributed by atoms with van der Waals surface area (Å²) in [4.78, 5) is 13.6. The summed E-state index contributed by atoms with van der Waals surface area (Å²) in [6.07, 6.45) is 1.88. The highest BCUT2D eigenvalue weighted by Gasteiger charge is 2.09. The summed E-state index contributed by atoms with van der Waals surface area (Å²) in [5, 5.41) is 2.00. The molecular formula is C12H16OS2. The van der Waals surface area contributed by atoms with Crippen molar-refractivity contribution in [3.05, 3.63) is 22.4 Å². The van der Waals surface area contributed by atoms with E-state index in [0.29, 0.717) is 18.8 Å². The molecule has 0 N–H and O–H groups in total. The van der Waals surface area contributed by atoms with Crippen LogP contribution in [0.5, 0.6) is 0 Å². The van der Waals surface area contributed by atoms with E-state index in [1.165, 1.54) is 0 Å². The molecule has 0 amide bonds. The number of thiophene rings is 1. The first-order valence-electron chi connectivity index (χ1n) is 5.13. The predicted molar refractivity (Wildman–Crippen MR) is 69.7 cm³/mol. The predicted octanol–water partition coefficient (Wildman–Crippen LogP) is 3.67. The summed E-state index contributed by atoms with van der Waals surface area (Å²) in [5.74, 6) is 0.787. The Hall–Kier alpha value is -0.540. The topological polar surface area (TPSA) is 17.1 Å². The van der Waals surface area contributed by atoms with E-state index in [9.17, 15) is 4.79 Å². The maximum absolute atomic E-state index is 11.6. The third-order valence-electron chi connectivity index (χ3n) is 1.98. The second-order valence-electron chi connectivity index (χ2n) is 4.11. The molecular weight excluding hydrogens is 224 g/mol. The minimum absolute atomic E-state index is 0.239. The largest absolute Gasteiger partial charge is 0.299 e. The van der Waals surface area contributed by atoms with Crippen LogP contribution in [-0.4, -0.2) is 10.6 Å². The smallest absolute Gasteiger partial charge is 0.142 e. The monoisotopic (exact) mass is 240 g/mol. The molecule has 0 unspecified atom stereocenters. The lowest BCUT2D eigenvalue weighted by Gasteiger charge is -2.05. The molecule has 0 aliphatic carbocycles. The number of thiocarbonyl (C=S) groups is 1. The fraction of sp³-hybridized carbons (Fsp3) is 0.500. The second kappa shape index (κ2) is 6.13. The van der Waals surface area contributed by atoms with Gasteiger partial charge in [-0.25, -0.2) is 0 Å². The zero-order valence-electron chi connectivity index (χ0n) is 9.16. The summed E-state index contributed by atoms with van der Waals surface area (Å²) >= 11 is 6.81. The van der Waals surface area contributed by atoms with Gasteiger partial charge in [-0.1, -0.05) is 32.1 Å². The van der Waals surface area contributed by atoms with Crippen molar-refractivity contribution in [1.29, 1.82) is 0 Å². The molecule has 0 spiro atoms. The van der Waals surface area contributed by atoms with Gasteiger partial charge in [0.2, 0.25) is 0 Å². The molecule has 0 saturated heterocycles. The zero-order valence-corrected chi connectivity index (χ0v) is 10.8. The minimum Gasteiger partial charge on any atom is -0.299 e. The van der Waals surface area contributed by atoms with E-state index in [1.54, 1.807) is 11.3 Å². The lowest BCUT2D eigenvalue weighted by atomic mass is 10.0. The Kier molecular flexibility index (Phi) is 5.12. The molecule has 0 bridgehead atoms. The van der Waals surface area contributed by atoms with Crippen molar-refractivity contribution in [3.8, 4) is 0 Å². The van der Waals surface area contributed by atoms with Crippen molar-refractivity contribution in [1.82, 2.24) is 0 Å². The van der Waals surface area contributed by atoms with E-state index in [-0.39, 0.29) is 5.78 Å². The maximum atomic E-state index is 11.6. The molecule has 1 rings (SSSR count). The molecule has 0 aromatic carbocycles. The molecule has 3 heteroatoms. The first-order valence-corrected chi connectivity index (χ1v) is 6.42. The van der Waals surface area contributed by atoms with Crippen LogP contribution in [0.2, 0.25) is 0 Å². The normalized spacial score (nSPS) is 10.6. The molecule has 1 nitrogen and oxygen atoms in total. The molecule has 0 fully saturated rings. The molecule has 0 aliphatic heterocycles. The Morgan fingerprint density at radius 2 is 2.27 bits per heavy atom. The van der Waals surface area contributed by atoms with Crippen LogP contribution in [0.25, 0.3) is 0 Å². The summed E-state index contributed by atoms with van der Waals surface area (Å²) in [6, 6.07) is 3.97. The van der Waals surface area contributed by atoms with Crippen LogP contribution in [0, 0.1) is 5.92 Å². The quantitative estimate of drug-likeness (QED) is 0.706. The molecule has 1 aromatic rings. The second-order valence-corrected chi connectivity index (χ2v) is 5.72. The van der Waals surface area contributed by atoms with Gasteiger partial charge >= 0.3 is 0 Å². The maximum Gasteiger partial charge on any atom is 0.142 e. The Morgan fingerprint density at radius 1 is 1.53 bits per heavy atom. The standard InChI is InChI=1S/C12H16OS2/c1-9(2)6-11(14)7-10(13)8-12-4-3-5-15-12/h3-5,9H,6-8H2,1-2H3. The van der Waals surface area contributed by atoms with E-state index in [4.69, 9.17) is 12.2 Å². The SMILES string of the molecule is CC(C)CC(=S)CC(=O)Cc1cccs1. The third kappa shape index (κ3) is 5.19. The van der Waals surface area contributed by atoms with Crippen LogP contribution in [0.1, 0.15) is 31.6 Å². The fourth-order valence-electron chi connectivity index (χ4n) is 1.42. The van der Waals surface area contributed by atoms with Gasteiger partial charge in [0.1, 0.15) is 5.78 Å². The van der Waals surface area contributed by atoms with Crippen molar-refractivity contribution < 1.29 is 4.79 Å². The number of rotatable bonds is 6. The highest BCUT2D eigenvalue weighted by molar-refractivity contribution is 7.80. The van der Waals surface area contributed by atoms with E-state index in [0.717, 1.165) is 16.2 Å². The van der Waals surface area contributed by atoms with Crippen molar-refractivity contribution in [2.24, 2.45) is 5.92 Å². The van der Waals surface area contributed by atoms with Gasteiger partial charge < -0.3 is 0 Å². The van der Waals surface area contributed by atoms with E-state index in [1.807, 2.05) is 17.5 Å². The van der Waals surface area contributed by atoms with Gasteiger partial charge in [0.05, 0.1) is 0 Å². The van der Waals surface area contributed by atoms with E-state index in [2.05, 4.69) is 13.8 Å². The van der Waals surface area contributed by atoms with Crippen LogP contribution in [0.15, 0.2) is 17.5 Å². The Bertz CT molecular complexity index is 325. The Labute approximate surface area is 101 Å². The molecule has 82 valence electrons. The van der Waals surface area contributed by atoms with Gasteiger partial charge in [0.15, 0.2) is 0 Å². The summed E-state index contributed by atoms with van der Waals surface area (Å²) in [5.41, 5.74) is 0. The number of hydrogen-bond acceptors (Lipinski definition) is 3. The average Bonchev–Trinajstić information content (AvgIpc) is 2.53. The summed E-state index contributed by atoms with van der Waals surface area (Å²) < 4.78 is 0. The van der Waals surface area contributed by atoms with Crippen LogP contribution < -0.4 is 0 Å². The van der Waals surface area contributed by atoms with Gasteiger partial charge in [-0.15, -0.1) is 11.3 Å². The van der Waals surface area contributed by atoms with Gasteiger partial charge in [-0.2, -0.15) is 0 Å². The molecule has 1 aromatic heterocycles. The number of carbonyl (C=O) groups excluding carboxylic acids is 1. The number of carbonyl (C=O) groups is 1. The van der Waals surface area contributed by atoms with E-state index >= 15 is 0 Å². The molecule has 0 atom stereocenters. The third-order valence-corrected chi connectivity index (χ3v) is 3.17. The van der Waals surface area contributed by atoms with Crippen LogP contribution in [0.3, 0.4) is 0 Å². The molecule has 0 radical (unpaired) electrons. The van der Waals surface area contributed by atoms with Crippen LogP contribution >= 0.6 is 23.6 Å². The molecule has 0 aliphatic rings. The Morgan fingerprint density at radius 3 is 2.80 bits per heavy atom. The highest BCUT2D eigenvalue weighted by Crippen LogP contribution is 2.12. The van der Waals surface area contributed by atoms with Gasteiger partial charge in [0.25, 0.3) is 0 Å². The zero-order chi connectivity index (χ0) is 11.3. The number of hydrogen-bond donors (Lipinski definition) is 0. The number of ketones is 1. The van der Waals surface area contributed by atoms with Gasteiger partial charge in [0, 0.05) is 22.6 Å². The number of Topliss-reactive ketones (excluding diaryl/α,β-unsaturated/α-hetero) is 1. The van der Waals surface area contributed by atoms with Crippen molar-refractivity contribution in [3.63, 3.8) is 0 Å². The van der Waals surface area contributed by atoms with E-state index < -0.39 is 0 Å². The average molecular weight is 240 g/mol. The lowest BCUT2D eigenvalue weighted by molar-refractivity contribution is -0.117. The van der Waals surface area contributed by atoms with Crippen molar-refractivity contribution >= 4 is 34.2 Å². The summed E-state index contributed by atoms with van der Waals surface area (Å²) in [6.45, 7) is 4.24. The molecule has 1 heterocycles. The Balaban J connectivity index is 2.33. The van der Waals surface area contributed by atoms with Crippen LogP contribution in [-0.2, 0) is 11.2 Å². The van der Waals surface area contributed by atoms with Gasteiger partial charge in [-0.3, -0.25) is 4.79 Å². The van der Waals surface area contributed by atoms with Crippen LogP contribution in [0.4, 0.5) is 0 Å². The summed E-state index contributed by atoms with van der Waals surface area (Å²) in [7, 11) is 0. The first-order chi connectivity index (χ1) is 7.08. The lowest BCUT2D eigenvalue weighted by Crippen LogP contribution is -2.09. The fourth-order valence-corrected chi connectivity index (χ4v) is 2.65.